The first-order valence-electron chi connectivity index (χ1n) is 3.52. The van der Waals surface area contributed by atoms with E-state index in [-0.39, 0.29) is 0 Å². The summed E-state index contributed by atoms with van der Waals surface area (Å²) in [7, 11) is 0. The summed E-state index contributed by atoms with van der Waals surface area (Å²) in [6, 6.07) is 5.68. The van der Waals surface area contributed by atoms with Crippen molar-refractivity contribution in [3.05, 3.63) is 29.3 Å². The van der Waals surface area contributed by atoms with Gasteiger partial charge in [0, 0.05) is 12.1 Å². The summed E-state index contributed by atoms with van der Waals surface area (Å²) in [5.74, 6) is 0. The molecular formula is C9H11NO. The third-order valence-corrected chi connectivity index (χ3v) is 1.66. The van der Waals surface area contributed by atoms with Gasteiger partial charge in [-0.15, -0.1) is 0 Å². The van der Waals surface area contributed by atoms with Crippen LogP contribution in [0.1, 0.15) is 11.1 Å². The molecule has 0 spiro atoms. The highest BCUT2D eigenvalue weighted by atomic mass is 16.1. The number of carbonyl (C=O) groups excluding carboxylic acids is 1. The number of anilines is 1. The zero-order valence-electron chi connectivity index (χ0n) is 6.50. The molecule has 0 aromatic heterocycles. The molecule has 0 saturated carbocycles. The van der Waals surface area contributed by atoms with E-state index in [1.165, 1.54) is 0 Å². The van der Waals surface area contributed by atoms with Crippen LogP contribution in [-0.2, 0) is 11.2 Å². The minimum absolute atomic E-state index is 0.449. The maximum atomic E-state index is 10.1. The molecule has 0 aliphatic carbocycles. The molecule has 0 saturated heterocycles. The number of rotatable bonds is 2. The van der Waals surface area contributed by atoms with Gasteiger partial charge in [0.25, 0.3) is 0 Å². The van der Waals surface area contributed by atoms with Gasteiger partial charge in [0.1, 0.15) is 6.29 Å². The zero-order valence-corrected chi connectivity index (χ0v) is 6.50. The topological polar surface area (TPSA) is 43.1 Å². The highest BCUT2D eigenvalue weighted by Gasteiger charge is 1.94. The van der Waals surface area contributed by atoms with Crippen molar-refractivity contribution in [3.8, 4) is 0 Å². The van der Waals surface area contributed by atoms with E-state index >= 15 is 0 Å². The van der Waals surface area contributed by atoms with Crippen LogP contribution >= 0.6 is 0 Å². The minimum Gasteiger partial charge on any atom is -0.399 e. The van der Waals surface area contributed by atoms with Gasteiger partial charge in [0.15, 0.2) is 0 Å². The van der Waals surface area contributed by atoms with E-state index in [1.807, 2.05) is 25.1 Å². The molecule has 2 heteroatoms. The second-order valence-electron chi connectivity index (χ2n) is 2.56. The third-order valence-electron chi connectivity index (χ3n) is 1.66. The van der Waals surface area contributed by atoms with Gasteiger partial charge in [-0.25, -0.2) is 0 Å². The van der Waals surface area contributed by atoms with Gasteiger partial charge >= 0.3 is 0 Å². The Morgan fingerprint density at radius 1 is 1.55 bits per heavy atom. The number of benzene rings is 1. The molecule has 0 atom stereocenters. The normalized spacial score (nSPS) is 9.55. The number of hydrogen-bond donors (Lipinski definition) is 1. The lowest BCUT2D eigenvalue weighted by molar-refractivity contribution is -0.107. The molecule has 2 N–H and O–H groups in total. The lowest BCUT2D eigenvalue weighted by Crippen LogP contribution is -1.92. The Balaban J connectivity index is 2.95. The van der Waals surface area contributed by atoms with Crippen LogP contribution in [-0.4, -0.2) is 6.29 Å². The smallest absolute Gasteiger partial charge is 0.124 e. The van der Waals surface area contributed by atoms with Gasteiger partial charge < -0.3 is 10.5 Å². The molecule has 0 bridgehead atoms. The van der Waals surface area contributed by atoms with Crippen LogP contribution in [0.25, 0.3) is 0 Å². The van der Waals surface area contributed by atoms with Crippen molar-refractivity contribution in [1.82, 2.24) is 0 Å². The molecule has 0 radical (unpaired) electrons. The summed E-state index contributed by atoms with van der Waals surface area (Å²) >= 11 is 0. The first-order valence-corrected chi connectivity index (χ1v) is 3.52. The molecule has 1 aromatic rings. The summed E-state index contributed by atoms with van der Waals surface area (Å²) in [5.41, 5.74) is 8.42. The summed E-state index contributed by atoms with van der Waals surface area (Å²) in [5, 5.41) is 0. The Kier molecular flexibility index (Phi) is 2.26. The molecule has 1 aromatic carbocycles. The first kappa shape index (κ1) is 7.79. The average molecular weight is 149 g/mol. The lowest BCUT2D eigenvalue weighted by atomic mass is 10.1. The van der Waals surface area contributed by atoms with E-state index < -0.39 is 0 Å². The van der Waals surface area contributed by atoms with Gasteiger partial charge in [0.05, 0.1) is 0 Å². The van der Waals surface area contributed by atoms with Crippen LogP contribution in [0.5, 0.6) is 0 Å². The molecule has 11 heavy (non-hydrogen) atoms. The second kappa shape index (κ2) is 3.19. The van der Waals surface area contributed by atoms with Crippen molar-refractivity contribution in [3.63, 3.8) is 0 Å². The van der Waals surface area contributed by atoms with Crippen LogP contribution in [0.4, 0.5) is 5.69 Å². The monoisotopic (exact) mass is 149 g/mol. The second-order valence-corrected chi connectivity index (χ2v) is 2.56. The summed E-state index contributed by atoms with van der Waals surface area (Å²) in [4.78, 5) is 10.1. The van der Waals surface area contributed by atoms with Crippen molar-refractivity contribution < 1.29 is 4.79 Å². The van der Waals surface area contributed by atoms with Crippen LogP contribution in [0, 0.1) is 6.92 Å². The number of nitrogens with two attached hydrogens (primary N) is 1. The maximum Gasteiger partial charge on any atom is 0.124 e. The number of hydrogen-bond acceptors (Lipinski definition) is 2. The van der Waals surface area contributed by atoms with Crippen molar-refractivity contribution in [2.75, 3.05) is 5.73 Å². The largest absolute Gasteiger partial charge is 0.399 e. The molecule has 0 unspecified atom stereocenters. The number of nitrogen functional groups attached to an aromatic ring is 1. The average Bonchev–Trinajstić information content (AvgIpc) is 1.98. The molecule has 0 amide bonds. The Morgan fingerprint density at radius 2 is 2.27 bits per heavy atom. The zero-order chi connectivity index (χ0) is 8.27. The Labute approximate surface area is 66.0 Å². The molecule has 0 aliphatic rings. The van der Waals surface area contributed by atoms with Gasteiger partial charge in [0.2, 0.25) is 0 Å². The van der Waals surface area contributed by atoms with E-state index in [1.54, 1.807) is 0 Å². The van der Waals surface area contributed by atoms with Gasteiger partial charge in [-0.3, -0.25) is 0 Å². The van der Waals surface area contributed by atoms with E-state index in [4.69, 9.17) is 5.73 Å². The summed E-state index contributed by atoms with van der Waals surface area (Å²) in [6.45, 7) is 1.94. The predicted molar refractivity (Wildman–Crippen MR) is 45.4 cm³/mol. The van der Waals surface area contributed by atoms with Crippen LogP contribution in [0.15, 0.2) is 18.2 Å². The fraction of sp³-hybridized carbons (Fsp3) is 0.222. The fourth-order valence-electron chi connectivity index (χ4n) is 0.913. The van der Waals surface area contributed by atoms with Crippen molar-refractivity contribution in [2.45, 2.75) is 13.3 Å². The summed E-state index contributed by atoms with van der Waals surface area (Å²) in [6.07, 6.45) is 1.33. The molecule has 0 heterocycles. The quantitative estimate of drug-likeness (QED) is 0.509. The standard InChI is InChI=1S/C9H11NO/c1-7-2-3-8(4-5-11)6-9(7)10/h2-3,5-6H,4,10H2,1H3. The third kappa shape index (κ3) is 1.80. The number of aldehydes is 1. The van der Waals surface area contributed by atoms with Crippen LogP contribution < -0.4 is 5.73 Å². The number of carbonyl (C=O) groups is 1. The highest BCUT2D eigenvalue weighted by molar-refractivity contribution is 5.58. The predicted octanol–water partition coefficient (Wildman–Crippen LogP) is 1.32. The van der Waals surface area contributed by atoms with E-state index in [9.17, 15) is 4.79 Å². The first-order chi connectivity index (χ1) is 5.24. The Bertz CT molecular complexity index is 268. The van der Waals surface area contributed by atoms with E-state index in [0.717, 1.165) is 23.1 Å². The molecule has 1 rings (SSSR count). The van der Waals surface area contributed by atoms with Crippen molar-refractivity contribution in [1.29, 1.82) is 0 Å². The fourth-order valence-corrected chi connectivity index (χ4v) is 0.913. The van der Waals surface area contributed by atoms with Gasteiger partial charge in [-0.05, 0) is 24.1 Å². The lowest BCUT2D eigenvalue weighted by Gasteiger charge is -2.00. The van der Waals surface area contributed by atoms with E-state index in [0.29, 0.717) is 6.42 Å². The van der Waals surface area contributed by atoms with E-state index in [2.05, 4.69) is 0 Å². The van der Waals surface area contributed by atoms with Gasteiger partial charge in [-0.2, -0.15) is 0 Å². The Hall–Kier alpha value is -1.31. The molecular weight excluding hydrogens is 138 g/mol. The number of aryl methyl sites for hydroxylation is 1. The minimum atomic E-state index is 0.449. The highest BCUT2D eigenvalue weighted by Crippen LogP contribution is 2.12. The molecule has 58 valence electrons. The molecule has 0 aliphatic heterocycles. The molecule has 2 nitrogen and oxygen atoms in total. The maximum absolute atomic E-state index is 10.1. The van der Waals surface area contributed by atoms with Gasteiger partial charge in [-0.1, -0.05) is 12.1 Å². The van der Waals surface area contributed by atoms with Crippen LogP contribution in [0.3, 0.4) is 0 Å². The SMILES string of the molecule is Cc1ccc(CC=O)cc1N. The molecule has 0 fully saturated rings. The summed E-state index contributed by atoms with van der Waals surface area (Å²) < 4.78 is 0. The van der Waals surface area contributed by atoms with Crippen molar-refractivity contribution in [2.24, 2.45) is 0 Å². The van der Waals surface area contributed by atoms with Crippen LogP contribution in [0.2, 0.25) is 0 Å². The Morgan fingerprint density at radius 3 is 2.82 bits per heavy atom. The van der Waals surface area contributed by atoms with Crippen molar-refractivity contribution >= 4 is 12.0 Å².